The number of morpholine rings is 1. The highest BCUT2D eigenvalue weighted by molar-refractivity contribution is 14.0. The molecule has 1 saturated heterocycles. The van der Waals surface area contributed by atoms with E-state index < -0.39 is 11.9 Å². The van der Waals surface area contributed by atoms with Crippen LogP contribution in [0.2, 0.25) is 0 Å². The Morgan fingerprint density at radius 1 is 1.40 bits per heavy atom. The van der Waals surface area contributed by atoms with Gasteiger partial charge >= 0.3 is 6.18 Å². The van der Waals surface area contributed by atoms with Gasteiger partial charge in [0, 0.05) is 36.9 Å². The molecule has 6 nitrogen and oxygen atoms in total. The van der Waals surface area contributed by atoms with Crippen molar-refractivity contribution < 1.29 is 17.9 Å². The number of halogens is 4. The summed E-state index contributed by atoms with van der Waals surface area (Å²) in [7, 11) is 1.63. The lowest BCUT2D eigenvalue weighted by atomic mass is 10.1. The lowest BCUT2D eigenvalue weighted by Gasteiger charge is -2.37. The van der Waals surface area contributed by atoms with Crippen LogP contribution in [-0.4, -0.2) is 55.2 Å². The number of nitrogens with zero attached hydrogens (tertiary/aromatic N) is 3. The Hall–Kier alpha value is -0.960. The summed E-state index contributed by atoms with van der Waals surface area (Å²) in [6.07, 6.45) is -4.24. The molecule has 2 aromatic heterocycles. The third kappa shape index (κ3) is 7.04. The van der Waals surface area contributed by atoms with Gasteiger partial charge in [-0.1, -0.05) is 6.07 Å². The van der Waals surface area contributed by atoms with Crippen LogP contribution in [0.25, 0.3) is 0 Å². The number of hydrogen-bond acceptors (Lipinski definition) is 6. The average Bonchev–Trinajstić information content (AvgIpc) is 3.36. The molecule has 2 N–H and O–H groups in total. The Labute approximate surface area is 199 Å². The molecule has 2 unspecified atom stereocenters. The van der Waals surface area contributed by atoms with E-state index in [2.05, 4.69) is 43.9 Å². The predicted molar refractivity (Wildman–Crippen MR) is 125 cm³/mol. The van der Waals surface area contributed by atoms with Crippen LogP contribution in [-0.2, 0) is 17.5 Å². The van der Waals surface area contributed by atoms with Crippen molar-refractivity contribution in [1.29, 1.82) is 0 Å². The first-order valence-corrected chi connectivity index (χ1v) is 11.0. The van der Waals surface area contributed by atoms with Gasteiger partial charge in [-0.15, -0.1) is 46.7 Å². The van der Waals surface area contributed by atoms with Crippen molar-refractivity contribution in [2.75, 3.05) is 33.3 Å². The van der Waals surface area contributed by atoms with Gasteiger partial charge in [-0.05, 0) is 18.4 Å². The fraction of sp³-hybridized carbons (Fsp3) is 0.556. The molecule has 0 spiro atoms. The number of aliphatic imine (C=N–C) groups is 1. The lowest BCUT2D eigenvalue weighted by Crippen LogP contribution is -2.47. The van der Waals surface area contributed by atoms with E-state index in [1.807, 2.05) is 6.07 Å². The highest BCUT2D eigenvalue weighted by Gasteiger charge is 2.33. The maximum atomic E-state index is 12.7. The zero-order valence-electron chi connectivity index (χ0n) is 16.6. The number of thiophene rings is 1. The number of aromatic nitrogens is 1. The number of ether oxygens (including phenoxy) is 1. The Kier molecular flexibility index (Phi) is 9.78. The van der Waals surface area contributed by atoms with E-state index in [0.717, 1.165) is 29.8 Å². The Balaban J connectivity index is 0.00000320. The van der Waals surface area contributed by atoms with Crippen LogP contribution in [0.1, 0.15) is 28.5 Å². The molecule has 0 aromatic carbocycles. The van der Waals surface area contributed by atoms with Gasteiger partial charge in [0.1, 0.15) is 5.01 Å². The molecule has 2 aromatic rings. The summed E-state index contributed by atoms with van der Waals surface area (Å²) < 4.78 is 43.7. The van der Waals surface area contributed by atoms with E-state index in [9.17, 15) is 13.2 Å². The first-order chi connectivity index (χ1) is 13.9. The highest BCUT2D eigenvalue weighted by Crippen LogP contribution is 2.30. The number of thiazole rings is 1. The van der Waals surface area contributed by atoms with Gasteiger partial charge in [0.15, 0.2) is 11.7 Å². The van der Waals surface area contributed by atoms with E-state index >= 15 is 0 Å². The number of rotatable bonds is 6. The summed E-state index contributed by atoms with van der Waals surface area (Å²) >= 11 is 2.68. The number of guanidine groups is 1. The number of hydrogen-bond donors (Lipinski definition) is 2. The summed E-state index contributed by atoms with van der Waals surface area (Å²) in [5.74, 6) is 0.525. The Morgan fingerprint density at radius 2 is 2.20 bits per heavy atom. The topological polar surface area (TPSA) is 61.8 Å². The van der Waals surface area contributed by atoms with Crippen molar-refractivity contribution >= 4 is 52.6 Å². The number of alkyl halides is 3. The van der Waals surface area contributed by atoms with Crippen molar-refractivity contribution in [1.82, 2.24) is 20.5 Å². The molecule has 168 valence electrons. The van der Waals surface area contributed by atoms with Gasteiger partial charge in [0.2, 0.25) is 0 Å². The zero-order valence-corrected chi connectivity index (χ0v) is 20.6. The van der Waals surface area contributed by atoms with Gasteiger partial charge in [0.25, 0.3) is 0 Å². The van der Waals surface area contributed by atoms with Crippen molar-refractivity contribution in [2.24, 2.45) is 4.99 Å². The third-order valence-electron chi connectivity index (χ3n) is 4.52. The molecule has 1 fully saturated rings. The van der Waals surface area contributed by atoms with Crippen LogP contribution >= 0.6 is 46.7 Å². The molecule has 0 amide bonds. The highest BCUT2D eigenvalue weighted by atomic mass is 127. The fourth-order valence-corrected chi connectivity index (χ4v) is 4.72. The van der Waals surface area contributed by atoms with Crippen molar-refractivity contribution in [2.45, 2.75) is 31.8 Å². The van der Waals surface area contributed by atoms with Crippen LogP contribution in [0.4, 0.5) is 13.2 Å². The maximum Gasteiger partial charge on any atom is 0.434 e. The quantitative estimate of drug-likeness (QED) is 0.310. The van der Waals surface area contributed by atoms with E-state index in [1.165, 1.54) is 4.88 Å². The lowest BCUT2D eigenvalue weighted by molar-refractivity contribution is -0.140. The summed E-state index contributed by atoms with van der Waals surface area (Å²) in [6, 6.07) is 4.31. The van der Waals surface area contributed by atoms with Crippen LogP contribution in [0.15, 0.2) is 27.9 Å². The standard InChI is InChI=1S/C18H24F3N5OS2.HI/c1-12-10-26(5-6-27-12)13(14-4-3-7-28-14)8-23-17(22-2)24-9-16-25-15(11-29-16)18(19,20)21;/h3-4,7,11-13H,5-6,8-10H2,1-2H3,(H2,22,23,24);1H. The monoisotopic (exact) mass is 575 g/mol. The van der Waals surface area contributed by atoms with E-state index in [-0.39, 0.29) is 42.7 Å². The van der Waals surface area contributed by atoms with Gasteiger partial charge in [-0.2, -0.15) is 13.2 Å². The zero-order chi connectivity index (χ0) is 20.9. The molecule has 30 heavy (non-hydrogen) atoms. The Bertz CT molecular complexity index is 800. The second kappa shape index (κ2) is 11.6. The normalized spacial score (nSPS) is 19.2. The van der Waals surface area contributed by atoms with E-state index in [4.69, 9.17) is 4.74 Å². The first-order valence-electron chi connectivity index (χ1n) is 9.22. The smallest absolute Gasteiger partial charge is 0.376 e. The molecule has 0 radical (unpaired) electrons. The summed E-state index contributed by atoms with van der Waals surface area (Å²) in [4.78, 5) is 11.4. The summed E-state index contributed by atoms with van der Waals surface area (Å²) in [5.41, 5.74) is -0.860. The maximum absolute atomic E-state index is 12.7. The predicted octanol–water partition coefficient (Wildman–Crippen LogP) is 3.97. The van der Waals surface area contributed by atoms with Gasteiger partial charge in [0.05, 0.1) is 25.3 Å². The molecule has 2 atom stereocenters. The number of nitrogens with one attached hydrogen (secondary N) is 2. The SMILES string of the molecule is CN=C(NCc1nc(C(F)(F)F)cs1)NCC(c1cccs1)N1CCOC(C)C1.I. The third-order valence-corrected chi connectivity index (χ3v) is 6.34. The minimum atomic E-state index is -4.42. The van der Waals surface area contributed by atoms with Crippen molar-refractivity contribution in [3.05, 3.63) is 38.5 Å². The molecular weight excluding hydrogens is 550 g/mol. The van der Waals surface area contributed by atoms with Crippen LogP contribution < -0.4 is 10.6 Å². The van der Waals surface area contributed by atoms with Gasteiger partial charge in [-0.25, -0.2) is 4.98 Å². The average molecular weight is 575 g/mol. The Morgan fingerprint density at radius 3 is 2.80 bits per heavy atom. The molecule has 0 saturated carbocycles. The second-order valence-electron chi connectivity index (χ2n) is 6.64. The minimum absolute atomic E-state index is 0. The molecule has 1 aliphatic heterocycles. The van der Waals surface area contributed by atoms with Crippen LogP contribution in [0.5, 0.6) is 0 Å². The molecule has 1 aliphatic rings. The second-order valence-corrected chi connectivity index (χ2v) is 8.56. The van der Waals surface area contributed by atoms with Gasteiger partial charge < -0.3 is 15.4 Å². The van der Waals surface area contributed by atoms with E-state index in [0.29, 0.717) is 24.1 Å². The molecule has 3 heterocycles. The summed E-state index contributed by atoms with van der Waals surface area (Å²) in [5, 5.41) is 9.78. The van der Waals surface area contributed by atoms with E-state index in [1.54, 1.807) is 18.4 Å². The summed E-state index contributed by atoms with van der Waals surface area (Å²) in [6.45, 7) is 5.25. The molecule has 3 rings (SSSR count). The fourth-order valence-electron chi connectivity index (χ4n) is 3.11. The largest absolute Gasteiger partial charge is 0.434 e. The molecular formula is C18H25F3IN5OS2. The molecule has 0 aliphatic carbocycles. The minimum Gasteiger partial charge on any atom is -0.376 e. The van der Waals surface area contributed by atoms with Crippen molar-refractivity contribution in [3.8, 4) is 0 Å². The molecule has 12 heteroatoms. The van der Waals surface area contributed by atoms with Gasteiger partial charge in [-0.3, -0.25) is 9.89 Å². The van der Waals surface area contributed by atoms with Crippen LogP contribution in [0, 0.1) is 0 Å². The van der Waals surface area contributed by atoms with Crippen LogP contribution in [0.3, 0.4) is 0 Å². The first kappa shape index (κ1) is 25.3. The molecule has 0 bridgehead atoms. The van der Waals surface area contributed by atoms with Crippen molar-refractivity contribution in [3.63, 3.8) is 0 Å².